The molecule has 0 radical (unpaired) electrons. The predicted molar refractivity (Wildman–Crippen MR) is 173 cm³/mol. The van der Waals surface area contributed by atoms with Crippen LogP contribution in [0.4, 0.5) is 4.79 Å². The second-order valence-electron chi connectivity index (χ2n) is 13.3. The van der Waals surface area contributed by atoms with Gasteiger partial charge in [-0.2, -0.15) is 0 Å². The molecule has 43 heavy (non-hydrogen) atoms. The Labute approximate surface area is 266 Å². The highest BCUT2D eigenvalue weighted by Crippen LogP contribution is 2.40. The van der Waals surface area contributed by atoms with E-state index in [0.717, 1.165) is 5.56 Å². The monoisotopic (exact) mass is 650 g/mol. The lowest BCUT2D eigenvalue weighted by atomic mass is 10.1. The summed E-state index contributed by atoms with van der Waals surface area (Å²) in [6.07, 6.45) is -2.07. The Kier molecular flexibility index (Phi) is 10.6. The SMILES string of the molecule is Cc1noc(C)c1-c1nc(C(Oc2ccc(Cl)cc2)C(CN(C)C(=O)OC(C)(C)C)O[Si](C)(C)C(C)(C)C)nc(Cl)c1C. The van der Waals surface area contributed by atoms with Crippen LogP contribution >= 0.6 is 23.2 Å². The molecule has 0 spiro atoms. The smallest absolute Gasteiger partial charge is 0.410 e. The van der Waals surface area contributed by atoms with Gasteiger partial charge in [-0.25, -0.2) is 14.8 Å². The topological polar surface area (TPSA) is 99.8 Å². The van der Waals surface area contributed by atoms with E-state index in [9.17, 15) is 4.79 Å². The molecule has 3 aromatic rings. The first kappa shape index (κ1) is 34.8. The van der Waals surface area contributed by atoms with E-state index in [4.69, 9.17) is 51.6 Å². The molecule has 0 saturated carbocycles. The van der Waals surface area contributed by atoms with Crippen molar-refractivity contribution < 1.29 is 23.2 Å². The molecule has 0 bridgehead atoms. The van der Waals surface area contributed by atoms with Crippen LogP contribution in [-0.4, -0.2) is 59.7 Å². The molecule has 1 amide bonds. The largest absolute Gasteiger partial charge is 0.480 e. The minimum absolute atomic E-state index is 0.134. The van der Waals surface area contributed by atoms with Crippen molar-refractivity contribution in [3.05, 3.63) is 57.3 Å². The van der Waals surface area contributed by atoms with Gasteiger partial charge in [-0.1, -0.05) is 49.1 Å². The Balaban J connectivity index is 2.22. The Bertz CT molecular complexity index is 1410. The fourth-order valence-corrected chi connectivity index (χ4v) is 5.70. The molecule has 0 fully saturated rings. The third kappa shape index (κ3) is 8.71. The van der Waals surface area contributed by atoms with Gasteiger partial charge < -0.3 is 23.3 Å². The number of aryl methyl sites for hydroxylation is 2. The molecule has 2 heterocycles. The zero-order chi connectivity index (χ0) is 32.5. The van der Waals surface area contributed by atoms with Crippen LogP contribution in [0.15, 0.2) is 28.8 Å². The van der Waals surface area contributed by atoms with Crippen molar-refractivity contribution in [3.8, 4) is 17.0 Å². The quantitative estimate of drug-likeness (QED) is 0.167. The van der Waals surface area contributed by atoms with Gasteiger partial charge in [-0.05, 0) is 83.9 Å². The van der Waals surface area contributed by atoms with E-state index in [1.165, 1.54) is 4.90 Å². The Morgan fingerprint density at radius 2 is 1.63 bits per heavy atom. The second-order valence-corrected chi connectivity index (χ2v) is 18.9. The van der Waals surface area contributed by atoms with E-state index >= 15 is 0 Å². The molecule has 0 aliphatic rings. The fourth-order valence-electron chi connectivity index (χ4n) is 4.09. The van der Waals surface area contributed by atoms with Crippen LogP contribution in [-0.2, 0) is 9.16 Å². The molecule has 0 aliphatic heterocycles. The lowest BCUT2D eigenvalue weighted by Crippen LogP contribution is -2.50. The van der Waals surface area contributed by atoms with Gasteiger partial charge >= 0.3 is 6.09 Å². The molecule has 2 atom stereocenters. The van der Waals surface area contributed by atoms with Crippen molar-refractivity contribution in [1.29, 1.82) is 0 Å². The number of ether oxygens (including phenoxy) is 2. The first-order valence-corrected chi connectivity index (χ1v) is 17.9. The van der Waals surface area contributed by atoms with Crippen molar-refractivity contribution in [1.82, 2.24) is 20.0 Å². The van der Waals surface area contributed by atoms with E-state index in [1.807, 2.05) is 41.5 Å². The summed E-state index contributed by atoms with van der Waals surface area (Å²) < 4.78 is 24.7. The lowest BCUT2D eigenvalue weighted by Gasteiger charge is -2.42. The molecular formula is C31H44Cl2N4O5Si. The van der Waals surface area contributed by atoms with Gasteiger partial charge in [-0.3, -0.25) is 0 Å². The van der Waals surface area contributed by atoms with E-state index in [2.05, 4.69) is 39.0 Å². The Hall–Kier alpha value is -2.66. The highest BCUT2D eigenvalue weighted by Gasteiger charge is 2.43. The molecule has 12 heteroatoms. The second kappa shape index (κ2) is 13.1. The van der Waals surface area contributed by atoms with E-state index < -0.39 is 32.2 Å². The van der Waals surface area contributed by atoms with Crippen LogP contribution in [0.25, 0.3) is 11.3 Å². The van der Waals surface area contributed by atoms with Crippen LogP contribution in [0.1, 0.15) is 70.5 Å². The summed E-state index contributed by atoms with van der Waals surface area (Å²) in [6.45, 7) is 21.9. The van der Waals surface area contributed by atoms with Gasteiger partial charge in [-0.15, -0.1) is 0 Å². The van der Waals surface area contributed by atoms with Crippen LogP contribution in [0.3, 0.4) is 0 Å². The van der Waals surface area contributed by atoms with Gasteiger partial charge in [0.25, 0.3) is 0 Å². The first-order chi connectivity index (χ1) is 19.7. The number of nitrogens with zero attached hydrogens (tertiary/aromatic N) is 4. The molecule has 3 rings (SSSR count). The normalized spacial score (nSPS) is 13.9. The standard InChI is InChI=1S/C31H44Cl2N4O5Si/c1-18-25(24-19(2)36-41-20(24)3)34-28(35-27(18)33)26(39-22-15-13-21(32)14-16-22)23(42-43(11,12)31(7,8)9)17-37(10)29(38)40-30(4,5)6/h13-16,23,26H,17H2,1-12H3. The van der Waals surface area contributed by atoms with Crippen molar-refractivity contribution in [2.45, 2.75) is 98.3 Å². The maximum absolute atomic E-state index is 13.1. The number of halogens is 2. The minimum atomic E-state index is -2.44. The zero-order valence-electron chi connectivity index (χ0n) is 27.3. The van der Waals surface area contributed by atoms with Crippen LogP contribution < -0.4 is 4.74 Å². The summed E-state index contributed by atoms with van der Waals surface area (Å²) in [5.41, 5.74) is 2.01. The molecular weight excluding hydrogens is 607 g/mol. The van der Waals surface area contributed by atoms with Gasteiger partial charge in [0.15, 0.2) is 20.2 Å². The molecule has 9 nitrogen and oxygen atoms in total. The average molecular weight is 652 g/mol. The molecule has 236 valence electrons. The third-order valence-corrected chi connectivity index (χ3v) is 12.6. The van der Waals surface area contributed by atoms with E-state index in [0.29, 0.717) is 39.3 Å². The summed E-state index contributed by atoms with van der Waals surface area (Å²) >= 11 is 12.9. The molecule has 0 saturated heterocycles. The summed E-state index contributed by atoms with van der Waals surface area (Å²) in [6, 6.07) is 7.01. The van der Waals surface area contributed by atoms with E-state index in [1.54, 1.807) is 31.3 Å². The fraction of sp³-hybridized carbons (Fsp3) is 0.548. The molecule has 0 aliphatic carbocycles. The zero-order valence-corrected chi connectivity index (χ0v) is 29.8. The molecule has 0 N–H and O–H groups in total. The number of hydrogen-bond donors (Lipinski definition) is 0. The predicted octanol–water partition coefficient (Wildman–Crippen LogP) is 8.74. The number of hydrogen-bond acceptors (Lipinski definition) is 8. The number of benzene rings is 1. The highest BCUT2D eigenvalue weighted by molar-refractivity contribution is 6.74. The van der Waals surface area contributed by atoms with Crippen LogP contribution in [0, 0.1) is 20.8 Å². The number of rotatable bonds is 9. The Morgan fingerprint density at radius 3 is 2.14 bits per heavy atom. The van der Waals surface area contributed by atoms with Gasteiger partial charge in [0, 0.05) is 17.6 Å². The summed E-state index contributed by atoms with van der Waals surface area (Å²) in [4.78, 5) is 24.3. The molecule has 1 aromatic carbocycles. The number of carbonyl (C=O) groups is 1. The van der Waals surface area contributed by atoms with Crippen molar-refractivity contribution in [3.63, 3.8) is 0 Å². The molecule has 2 aromatic heterocycles. The first-order valence-electron chi connectivity index (χ1n) is 14.2. The van der Waals surface area contributed by atoms with Crippen LogP contribution in [0.5, 0.6) is 5.75 Å². The maximum atomic E-state index is 13.1. The van der Waals surface area contributed by atoms with Crippen molar-refractivity contribution in [2.24, 2.45) is 0 Å². The highest BCUT2D eigenvalue weighted by atomic mass is 35.5. The number of carbonyl (C=O) groups excluding carboxylic acids is 1. The average Bonchev–Trinajstić information content (AvgIpc) is 3.20. The third-order valence-electron chi connectivity index (χ3n) is 7.45. The van der Waals surface area contributed by atoms with Crippen LogP contribution in [0.2, 0.25) is 28.3 Å². The van der Waals surface area contributed by atoms with Crippen molar-refractivity contribution in [2.75, 3.05) is 13.6 Å². The van der Waals surface area contributed by atoms with Gasteiger partial charge in [0.05, 0.1) is 23.5 Å². The minimum Gasteiger partial charge on any atom is -0.480 e. The van der Waals surface area contributed by atoms with Gasteiger partial charge in [0.2, 0.25) is 0 Å². The van der Waals surface area contributed by atoms with E-state index in [-0.39, 0.29) is 16.7 Å². The number of aromatic nitrogens is 3. The van der Waals surface area contributed by atoms with Gasteiger partial charge in [0.1, 0.15) is 28.4 Å². The summed E-state index contributed by atoms with van der Waals surface area (Å²) in [7, 11) is -0.766. The Morgan fingerprint density at radius 1 is 1.02 bits per heavy atom. The summed E-state index contributed by atoms with van der Waals surface area (Å²) in [5, 5.41) is 4.80. The molecule has 2 unspecified atom stereocenters. The number of amides is 1. The lowest BCUT2D eigenvalue weighted by molar-refractivity contribution is -0.00194. The summed E-state index contributed by atoms with van der Waals surface area (Å²) in [5.74, 6) is 1.43. The van der Waals surface area contributed by atoms with Crippen molar-refractivity contribution >= 4 is 37.6 Å². The maximum Gasteiger partial charge on any atom is 0.410 e. The number of likely N-dealkylation sites (N-methyl/N-ethyl adjacent to an activating group) is 1.